The highest BCUT2D eigenvalue weighted by Crippen LogP contribution is 2.57. The molecule has 1 amide bonds. The first kappa shape index (κ1) is 14.6. The van der Waals surface area contributed by atoms with E-state index in [1.54, 1.807) is 0 Å². The van der Waals surface area contributed by atoms with Gasteiger partial charge in [0, 0.05) is 24.1 Å². The van der Waals surface area contributed by atoms with E-state index >= 15 is 0 Å². The zero-order valence-electron chi connectivity index (χ0n) is 12.0. The molecule has 4 fully saturated rings. The Morgan fingerprint density at radius 3 is 2.25 bits per heavy atom. The summed E-state index contributed by atoms with van der Waals surface area (Å²) in [5.41, 5.74) is 0.168. The maximum Gasteiger partial charge on any atom is 0.281 e. The van der Waals surface area contributed by atoms with Gasteiger partial charge in [-0.05, 0) is 68.0 Å². The van der Waals surface area contributed by atoms with Crippen molar-refractivity contribution in [2.45, 2.75) is 44.1 Å². The predicted octanol–water partition coefficient (Wildman–Crippen LogP) is 3.95. The third-order valence-corrected chi connectivity index (χ3v) is 7.19. The molecular weight excluding hydrogens is 288 g/mol. The van der Waals surface area contributed by atoms with Crippen LogP contribution in [0.1, 0.15) is 38.5 Å². The molecule has 5 heteroatoms. The summed E-state index contributed by atoms with van der Waals surface area (Å²) >= 11 is 2.62. The summed E-state index contributed by atoms with van der Waals surface area (Å²) in [7, 11) is 2.01. The number of thiocyanates is 1. The molecule has 0 N–H and O–H groups in total. The van der Waals surface area contributed by atoms with Crippen molar-refractivity contribution < 1.29 is 4.79 Å². The van der Waals surface area contributed by atoms with Crippen molar-refractivity contribution in [1.82, 2.24) is 4.90 Å². The summed E-state index contributed by atoms with van der Waals surface area (Å²) in [5.74, 6) is 4.09. The van der Waals surface area contributed by atoms with E-state index in [-0.39, 0.29) is 10.8 Å². The Labute approximate surface area is 129 Å². The number of rotatable bonds is 4. The van der Waals surface area contributed by atoms with Crippen molar-refractivity contribution in [1.29, 1.82) is 5.26 Å². The first-order valence-corrected chi connectivity index (χ1v) is 9.51. The number of hydrogen-bond acceptors (Lipinski definition) is 4. The van der Waals surface area contributed by atoms with Gasteiger partial charge in [0.25, 0.3) is 5.24 Å². The van der Waals surface area contributed by atoms with Gasteiger partial charge in [0.05, 0.1) is 0 Å². The van der Waals surface area contributed by atoms with Crippen LogP contribution in [-0.2, 0) is 0 Å². The monoisotopic (exact) mass is 310 g/mol. The van der Waals surface area contributed by atoms with Crippen LogP contribution in [0.15, 0.2) is 0 Å². The summed E-state index contributed by atoms with van der Waals surface area (Å²) in [6.07, 6.45) is 7.92. The Kier molecular flexibility index (Phi) is 4.24. The van der Waals surface area contributed by atoms with E-state index in [4.69, 9.17) is 5.26 Å². The number of amides is 1. The minimum absolute atomic E-state index is 0.168. The van der Waals surface area contributed by atoms with E-state index in [1.165, 1.54) is 62.0 Å². The average molecular weight is 310 g/mol. The Balaban J connectivity index is 1.60. The zero-order chi connectivity index (χ0) is 14.2. The molecule has 0 aromatic rings. The van der Waals surface area contributed by atoms with Crippen LogP contribution < -0.4 is 0 Å². The van der Waals surface area contributed by atoms with Gasteiger partial charge in [-0.3, -0.25) is 4.79 Å². The highest BCUT2D eigenvalue weighted by molar-refractivity contribution is 8.14. The van der Waals surface area contributed by atoms with Gasteiger partial charge in [-0.2, -0.15) is 5.26 Å². The second-order valence-electron chi connectivity index (χ2n) is 6.76. The van der Waals surface area contributed by atoms with Crippen LogP contribution in [-0.4, -0.2) is 34.2 Å². The van der Waals surface area contributed by atoms with Crippen LogP contribution in [0.3, 0.4) is 0 Å². The zero-order valence-corrected chi connectivity index (χ0v) is 13.6. The molecule has 20 heavy (non-hydrogen) atoms. The lowest BCUT2D eigenvalue weighted by molar-refractivity contribution is -0.0586. The molecule has 4 aliphatic rings. The number of nitriles is 1. The fourth-order valence-corrected chi connectivity index (χ4v) is 6.30. The quantitative estimate of drug-likeness (QED) is 0.582. The molecule has 0 spiro atoms. The molecule has 0 aromatic carbocycles. The molecular formula is C15H22N2OS2. The van der Waals surface area contributed by atoms with Crippen molar-refractivity contribution >= 4 is 28.8 Å². The fourth-order valence-electron chi connectivity index (χ4n) is 4.98. The molecule has 4 saturated carbocycles. The highest BCUT2D eigenvalue weighted by atomic mass is 32.2. The lowest BCUT2D eigenvalue weighted by Crippen LogP contribution is -2.59. The molecule has 4 aliphatic carbocycles. The predicted molar refractivity (Wildman–Crippen MR) is 84.6 cm³/mol. The van der Waals surface area contributed by atoms with Gasteiger partial charge in [0.15, 0.2) is 0 Å². The normalized spacial score (nSPS) is 37.7. The third kappa shape index (κ3) is 2.69. The molecule has 3 nitrogen and oxygen atoms in total. The van der Waals surface area contributed by atoms with Crippen LogP contribution in [0.4, 0.5) is 4.79 Å². The van der Waals surface area contributed by atoms with Crippen LogP contribution in [0.5, 0.6) is 0 Å². The van der Waals surface area contributed by atoms with E-state index in [2.05, 4.69) is 10.3 Å². The summed E-state index contributed by atoms with van der Waals surface area (Å²) in [4.78, 5) is 14.5. The van der Waals surface area contributed by atoms with Gasteiger partial charge >= 0.3 is 0 Å². The largest absolute Gasteiger partial charge is 0.331 e. The topological polar surface area (TPSA) is 44.1 Å². The van der Waals surface area contributed by atoms with Crippen LogP contribution in [0, 0.1) is 28.4 Å². The van der Waals surface area contributed by atoms with E-state index in [9.17, 15) is 4.79 Å². The summed E-state index contributed by atoms with van der Waals surface area (Å²) < 4.78 is 0. The van der Waals surface area contributed by atoms with Gasteiger partial charge in [0.1, 0.15) is 5.40 Å². The molecule has 4 bridgehead atoms. The third-order valence-electron chi connectivity index (χ3n) is 5.47. The van der Waals surface area contributed by atoms with Crippen LogP contribution >= 0.6 is 23.5 Å². The lowest BCUT2D eigenvalue weighted by Gasteiger charge is -2.59. The number of hydrogen-bond donors (Lipinski definition) is 0. The maximum atomic E-state index is 12.4. The molecule has 110 valence electrons. The molecule has 0 heterocycles. The molecule has 4 rings (SSSR count). The smallest absolute Gasteiger partial charge is 0.281 e. The fraction of sp³-hybridized carbons (Fsp3) is 0.867. The van der Waals surface area contributed by atoms with E-state index in [1.807, 2.05) is 7.05 Å². The Morgan fingerprint density at radius 1 is 1.20 bits per heavy atom. The summed E-state index contributed by atoms with van der Waals surface area (Å²) in [6.45, 7) is 0. The van der Waals surface area contributed by atoms with E-state index in [0.717, 1.165) is 29.3 Å². The van der Waals surface area contributed by atoms with Gasteiger partial charge < -0.3 is 4.90 Å². The van der Waals surface area contributed by atoms with Crippen molar-refractivity contribution in [3.8, 4) is 5.40 Å². The number of carbonyl (C=O) groups excluding carboxylic acids is 1. The second-order valence-corrected chi connectivity index (χ2v) is 8.68. The van der Waals surface area contributed by atoms with Crippen LogP contribution in [0.25, 0.3) is 0 Å². The van der Waals surface area contributed by atoms with Gasteiger partial charge in [0.2, 0.25) is 0 Å². The number of carbonyl (C=O) groups is 1. The first-order chi connectivity index (χ1) is 9.63. The van der Waals surface area contributed by atoms with Gasteiger partial charge in [-0.15, -0.1) is 0 Å². The summed E-state index contributed by atoms with van der Waals surface area (Å²) in [5, 5.41) is 10.8. The number of thioether (sulfide) groups is 2. The van der Waals surface area contributed by atoms with Crippen molar-refractivity contribution in [2.24, 2.45) is 17.8 Å². The molecule has 0 aliphatic heterocycles. The van der Waals surface area contributed by atoms with Crippen molar-refractivity contribution in [3.05, 3.63) is 0 Å². The minimum atomic E-state index is 0.168. The molecule has 0 atom stereocenters. The standard InChI is InChI=1S/C15H22N2OS2/c1-17(14(18)20-3-2-19-10-16)15-7-11-4-12(8-15)6-13(5-11)9-15/h11-13H,2-9H2,1H3. The maximum absolute atomic E-state index is 12.4. The average Bonchev–Trinajstić information content (AvgIpc) is 2.41. The Hall–Kier alpha value is -0.340. The first-order valence-electron chi connectivity index (χ1n) is 7.54. The second kappa shape index (κ2) is 5.81. The summed E-state index contributed by atoms with van der Waals surface area (Å²) in [6, 6.07) is 0. The highest BCUT2D eigenvalue weighted by Gasteiger charge is 2.53. The Bertz CT molecular complexity index is 397. The molecule has 0 saturated heterocycles. The number of nitrogens with zero attached hydrogens (tertiary/aromatic N) is 2. The van der Waals surface area contributed by atoms with Crippen LogP contribution in [0.2, 0.25) is 0 Å². The van der Waals surface area contributed by atoms with Gasteiger partial charge in [-0.1, -0.05) is 11.8 Å². The Morgan fingerprint density at radius 2 is 1.75 bits per heavy atom. The molecule has 0 aromatic heterocycles. The van der Waals surface area contributed by atoms with Gasteiger partial charge in [-0.25, -0.2) is 0 Å². The minimum Gasteiger partial charge on any atom is -0.331 e. The lowest BCUT2D eigenvalue weighted by atomic mass is 9.52. The molecule has 0 unspecified atom stereocenters. The molecule has 0 radical (unpaired) electrons. The van der Waals surface area contributed by atoms with E-state index in [0.29, 0.717) is 0 Å². The van der Waals surface area contributed by atoms with Crippen molar-refractivity contribution in [2.75, 3.05) is 18.6 Å². The SMILES string of the molecule is CN(C(=O)SCCSC#N)C12CC3CC(CC(C3)C1)C2. The van der Waals surface area contributed by atoms with Crippen molar-refractivity contribution in [3.63, 3.8) is 0 Å². The van der Waals surface area contributed by atoms with E-state index < -0.39 is 0 Å².